The average molecular weight is 291 g/mol. The number of rotatable bonds is 3. The largest absolute Gasteiger partial charge is 0.507 e. The number of phenols is 1. The summed E-state index contributed by atoms with van der Waals surface area (Å²) in [5.74, 6) is 1.41. The van der Waals surface area contributed by atoms with Crippen molar-refractivity contribution >= 4 is 0 Å². The van der Waals surface area contributed by atoms with Crippen molar-refractivity contribution in [2.45, 2.75) is 66.5 Å². The molecule has 0 amide bonds. The van der Waals surface area contributed by atoms with Crippen LogP contribution in [0.25, 0.3) is 0 Å². The van der Waals surface area contributed by atoms with Gasteiger partial charge in [0.15, 0.2) is 0 Å². The average Bonchev–Trinajstić information content (AvgIpc) is 2.42. The molecular weight excluding hydrogens is 262 g/mol. The highest BCUT2D eigenvalue weighted by Gasteiger charge is 2.39. The lowest BCUT2D eigenvalue weighted by molar-refractivity contribution is 0.0314. The fraction of sp³-hybridized carbons (Fsp3) is 0.667. The molecule has 21 heavy (non-hydrogen) atoms. The zero-order chi connectivity index (χ0) is 15.9. The highest BCUT2D eigenvalue weighted by molar-refractivity contribution is 5.59. The van der Waals surface area contributed by atoms with Crippen LogP contribution < -0.4 is 4.74 Å². The molecule has 0 bridgehead atoms. The van der Waals surface area contributed by atoms with Crippen molar-refractivity contribution in [1.82, 2.24) is 4.90 Å². The highest BCUT2D eigenvalue weighted by Crippen LogP contribution is 2.49. The molecule has 3 heteroatoms. The van der Waals surface area contributed by atoms with Gasteiger partial charge in [-0.25, -0.2) is 0 Å². The molecule has 1 aromatic carbocycles. The lowest BCUT2D eigenvalue weighted by Gasteiger charge is -2.44. The minimum absolute atomic E-state index is 0.180. The Balaban J connectivity index is 2.70. The van der Waals surface area contributed by atoms with Crippen LogP contribution >= 0.6 is 0 Å². The molecule has 3 nitrogen and oxygen atoms in total. The zero-order valence-corrected chi connectivity index (χ0v) is 14.5. The van der Waals surface area contributed by atoms with E-state index in [4.69, 9.17) is 4.74 Å². The zero-order valence-electron chi connectivity index (χ0n) is 14.5. The summed E-state index contributed by atoms with van der Waals surface area (Å²) in [6.45, 7) is 16.7. The third kappa shape index (κ3) is 2.64. The van der Waals surface area contributed by atoms with Gasteiger partial charge in [-0.15, -0.1) is 0 Å². The van der Waals surface area contributed by atoms with Crippen LogP contribution in [0.1, 0.15) is 62.4 Å². The van der Waals surface area contributed by atoms with E-state index in [0.29, 0.717) is 11.8 Å². The Labute approximate surface area is 128 Å². The van der Waals surface area contributed by atoms with Crippen LogP contribution in [-0.2, 0) is 0 Å². The molecule has 1 atom stereocenters. The second-order valence-corrected chi connectivity index (χ2v) is 6.77. The number of phenolic OH excluding ortho intramolecular Hbond substituents is 1. The van der Waals surface area contributed by atoms with Crippen LogP contribution in [-0.4, -0.2) is 28.7 Å². The molecule has 0 aliphatic carbocycles. The van der Waals surface area contributed by atoms with Gasteiger partial charge in [0.25, 0.3) is 0 Å². The first-order valence-electron chi connectivity index (χ1n) is 7.99. The van der Waals surface area contributed by atoms with Crippen LogP contribution in [0.2, 0.25) is 0 Å². The van der Waals surface area contributed by atoms with Gasteiger partial charge in [0.2, 0.25) is 0 Å². The minimum Gasteiger partial charge on any atom is -0.507 e. The molecular formula is C18H29NO2. The van der Waals surface area contributed by atoms with E-state index < -0.39 is 0 Å². The van der Waals surface area contributed by atoms with Gasteiger partial charge in [0, 0.05) is 18.0 Å². The highest BCUT2D eigenvalue weighted by atomic mass is 16.5. The van der Waals surface area contributed by atoms with Crippen molar-refractivity contribution in [3.63, 3.8) is 0 Å². The van der Waals surface area contributed by atoms with Crippen molar-refractivity contribution in [3.8, 4) is 11.5 Å². The number of hydrogen-bond donors (Lipinski definition) is 1. The van der Waals surface area contributed by atoms with Gasteiger partial charge in [0.05, 0.1) is 0 Å². The molecule has 0 spiro atoms. The maximum atomic E-state index is 10.4. The molecule has 0 aromatic heterocycles. The summed E-state index contributed by atoms with van der Waals surface area (Å²) in [6, 6.07) is 0.309. The van der Waals surface area contributed by atoms with Crippen molar-refractivity contribution < 1.29 is 9.84 Å². The summed E-state index contributed by atoms with van der Waals surface area (Å²) in [4.78, 5) is 2.46. The van der Waals surface area contributed by atoms with Crippen LogP contribution in [0.3, 0.4) is 0 Å². The van der Waals surface area contributed by atoms with E-state index in [2.05, 4.69) is 32.6 Å². The first kappa shape index (κ1) is 16.2. The first-order valence-corrected chi connectivity index (χ1v) is 7.99. The second kappa shape index (κ2) is 5.53. The Morgan fingerprint density at radius 1 is 1.10 bits per heavy atom. The quantitative estimate of drug-likeness (QED) is 0.903. The molecule has 2 rings (SSSR count). The third-order valence-electron chi connectivity index (χ3n) is 4.91. The molecule has 0 radical (unpaired) electrons. The van der Waals surface area contributed by atoms with Crippen molar-refractivity contribution in [2.75, 3.05) is 13.1 Å². The van der Waals surface area contributed by atoms with Crippen LogP contribution in [0.15, 0.2) is 0 Å². The molecule has 118 valence electrons. The van der Waals surface area contributed by atoms with Crippen LogP contribution in [0, 0.1) is 20.8 Å². The maximum Gasteiger partial charge on any atom is 0.128 e. The van der Waals surface area contributed by atoms with Crippen molar-refractivity contribution in [1.29, 1.82) is 0 Å². The second-order valence-electron chi connectivity index (χ2n) is 6.77. The van der Waals surface area contributed by atoms with Gasteiger partial charge in [-0.3, -0.25) is 4.90 Å². The number of ether oxygens (including phenoxy) is 1. The summed E-state index contributed by atoms with van der Waals surface area (Å²) in [6.07, 6.45) is 0.949. The molecule has 1 unspecified atom stereocenters. The van der Waals surface area contributed by atoms with E-state index in [0.717, 1.165) is 42.0 Å². The molecule has 0 fully saturated rings. The summed E-state index contributed by atoms with van der Waals surface area (Å²) in [5.41, 5.74) is 3.97. The minimum atomic E-state index is -0.180. The summed E-state index contributed by atoms with van der Waals surface area (Å²) in [5, 5.41) is 10.4. The number of fused-ring (bicyclic) bond motifs is 1. The normalized spacial score (nSPS) is 20.3. The summed E-state index contributed by atoms with van der Waals surface area (Å²) >= 11 is 0. The Hall–Kier alpha value is -1.22. The third-order valence-corrected chi connectivity index (χ3v) is 4.91. The van der Waals surface area contributed by atoms with Crippen molar-refractivity contribution in [3.05, 3.63) is 22.3 Å². The lowest BCUT2D eigenvalue weighted by atomic mass is 9.83. The van der Waals surface area contributed by atoms with Gasteiger partial charge in [-0.2, -0.15) is 0 Å². The SMILES string of the molecule is CCN(CC)C1CC(C)(C)Oc2c(C)c(C)c(O)c(C)c21. The number of hydrogen-bond acceptors (Lipinski definition) is 3. The maximum absolute atomic E-state index is 10.4. The molecule has 1 N–H and O–H groups in total. The van der Waals surface area contributed by atoms with E-state index in [1.165, 1.54) is 5.56 Å². The first-order chi connectivity index (χ1) is 9.73. The Morgan fingerprint density at radius 2 is 1.67 bits per heavy atom. The molecule has 0 saturated heterocycles. The predicted molar refractivity (Wildman–Crippen MR) is 87.3 cm³/mol. The molecule has 1 aliphatic rings. The number of nitrogens with zero attached hydrogens (tertiary/aromatic N) is 1. The summed E-state index contributed by atoms with van der Waals surface area (Å²) in [7, 11) is 0. The monoisotopic (exact) mass is 291 g/mol. The van der Waals surface area contributed by atoms with E-state index in [1.807, 2.05) is 20.8 Å². The molecule has 0 saturated carbocycles. The van der Waals surface area contributed by atoms with E-state index in [1.54, 1.807) is 0 Å². The van der Waals surface area contributed by atoms with E-state index in [-0.39, 0.29) is 5.60 Å². The molecule has 1 heterocycles. The summed E-state index contributed by atoms with van der Waals surface area (Å²) < 4.78 is 6.30. The van der Waals surface area contributed by atoms with Gasteiger partial charge < -0.3 is 9.84 Å². The predicted octanol–water partition coefficient (Wildman–Crippen LogP) is 4.26. The van der Waals surface area contributed by atoms with Crippen LogP contribution in [0.5, 0.6) is 11.5 Å². The molecule has 1 aromatic rings. The Bertz CT molecular complexity index is 545. The lowest BCUT2D eigenvalue weighted by Crippen LogP contribution is -2.42. The Morgan fingerprint density at radius 3 is 2.19 bits per heavy atom. The van der Waals surface area contributed by atoms with Crippen LogP contribution in [0.4, 0.5) is 0 Å². The standard InChI is InChI=1S/C18H29NO2/c1-8-19(9-2)14-10-18(6,7)21-17-12(4)11(3)16(20)13(5)15(14)17/h14,20H,8-10H2,1-7H3. The molecule has 1 aliphatic heterocycles. The Kier molecular flexibility index (Phi) is 4.25. The number of benzene rings is 1. The fourth-order valence-corrected chi connectivity index (χ4v) is 3.52. The smallest absolute Gasteiger partial charge is 0.128 e. The van der Waals surface area contributed by atoms with Gasteiger partial charge in [-0.1, -0.05) is 13.8 Å². The number of aromatic hydroxyl groups is 1. The van der Waals surface area contributed by atoms with Gasteiger partial charge in [-0.05, 0) is 64.4 Å². The van der Waals surface area contributed by atoms with Gasteiger partial charge in [0.1, 0.15) is 17.1 Å². The van der Waals surface area contributed by atoms with E-state index >= 15 is 0 Å². The van der Waals surface area contributed by atoms with E-state index in [9.17, 15) is 5.11 Å². The van der Waals surface area contributed by atoms with Gasteiger partial charge >= 0.3 is 0 Å². The van der Waals surface area contributed by atoms with Crippen molar-refractivity contribution in [2.24, 2.45) is 0 Å². The topological polar surface area (TPSA) is 32.7 Å². The fourth-order valence-electron chi connectivity index (χ4n) is 3.52.